The number of hydrogen-bond acceptors (Lipinski definition) is 1. The molecule has 0 bridgehead atoms. The lowest BCUT2D eigenvalue weighted by atomic mass is 9.80. The zero-order chi connectivity index (χ0) is 7.84. The molecule has 0 aromatic carbocycles. The van der Waals surface area contributed by atoms with Crippen molar-refractivity contribution in [1.29, 1.82) is 0 Å². The van der Waals surface area contributed by atoms with Gasteiger partial charge in [0.2, 0.25) is 0 Å². The van der Waals surface area contributed by atoms with E-state index in [1.165, 1.54) is 25.7 Å². The summed E-state index contributed by atoms with van der Waals surface area (Å²) in [6.45, 7) is 0. The molecule has 4 atom stereocenters. The van der Waals surface area contributed by atoms with Crippen molar-refractivity contribution in [3.05, 3.63) is 0 Å². The average Bonchev–Trinajstić information content (AvgIpc) is 2.36. The van der Waals surface area contributed by atoms with Crippen molar-refractivity contribution >= 4 is 15.9 Å². The molecule has 0 heterocycles. The van der Waals surface area contributed by atoms with Crippen molar-refractivity contribution in [2.75, 3.05) is 0 Å². The van der Waals surface area contributed by atoms with Crippen LogP contribution >= 0.6 is 15.9 Å². The molecule has 0 aliphatic heterocycles. The van der Waals surface area contributed by atoms with Crippen LogP contribution in [0.25, 0.3) is 0 Å². The molecule has 1 nitrogen and oxygen atoms in total. The first kappa shape index (κ1) is 8.06. The second-order valence-electron chi connectivity index (χ2n) is 4.01. The maximum atomic E-state index is 9.58. The third-order valence-corrected chi connectivity index (χ3v) is 4.29. The number of fused-ring (bicyclic) bond motifs is 1. The molecule has 2 heteroatoms. The third-order valence-electron chi connectivity index (χ3n) is 3.31. The lowest BCUT2D eigenvalue weighted by molar-refractivity contribution is 0.0892. The number of alkyl halides is 1. The molecular weight excluding hydrogens is 204 g/mol. The normalized spacial score (nSPS) is 50.7. The number of aliphatic hydroxyl groups is 1. The van der Waals surface area contributed by atoms with Crippen molar-refractivity contribution in [3.63, 3.8) is 0 Å². The van der Waals surface area contributed by atoms with E-state index in [1.54, 1.807) is 0 Å². The Bertz CT molecular complexity index is 132. The van der Waals surface area contributed by atoms with Gasteiger partial charge in [0.05, 0.1) is 6.10 Å². The van der Waals surface area contributed by atoms with Gasteiger partial charge < -0.3 is 5.11 Å². The molecule has 2 rings (SSSR count). The van der Waals surface area contributed by atoms with Crippen LogP contribution in [-0.4, -0.2) is 16.0 Å². The second-order valence-corrected chi connectivity index (χ2v) is 5.18. The number of halogens is 1. The van der Waals surface area contributed by atoms with Crippen molar-refractivity contribution in [2.45, 2.75) is 43.0 Å². The van der Waals surface area contributed by atoms with Gasteiger partial charge in [-0.15, -0.1) is 0 Å². The molecule has 0 saturated heterocycles. The molecule has 1 N–H and O–H groups in total. The lowest BCUT2D eigenvalue weighted by Crippen LogP contribution is -2.33. The minimum absolute atomic E-state index is 0.0747. The van der Waals surface area contributed by atoms with Crippen molar-refractivity contribution < 1.29 is 5.11 Å². The predicted octanol–water partition coefficient (Wildman–Crippen LogP) is 2.32. The highest BCUT2D eigenvalue weighted by Gasteiger charge is 2.37. The van der Waals surface area contributed by atoms with Crippen molar-refractivity contribution in [2.24, 2.45) is 11.8 Å². The van der Waals surface area contributed by atoms with Gasteiger partial charge in [-0.3, -0.25) is 0 Å². The maximum absolute atomic E-state index is 9.58. The molecule has 0 amide bonds. The van der Waals surface area contributed by atoms with Crippen LogP contribution in [0.2, 0.25) is 0 Å². The summed E-state index contributed by atoms with van der Waals surface area (Å²) in [6, 6.07) is 0. The summed E-state index contributed by atoms with van der Waals surface area (Å²) in [5, 5.41) is 9.58. The van der Waals surface area contributed by atoms with E-state index in [1.807, 2.05) is 0 Å². The van der Waals surface area contributed by atoms with E-state index < -0.39 is 0 Å². The van der Waals surface area contributed by atoms with Crippen molar-refractivity contribution in [3.8, 4) is 0 Å². The number of rotatable bonds is 0. The van der Waals surface area contributed by atoms with Crippen molar-refractivity contribution in [1.82, 2.24) is 0 Å². The molecule has 2 aliphatic carbocycles. The molecule has 0 aromatic rings. The summed E-state index contributed by atoms with van der Waals surface area (Å²) in [5.41, 5.74) is 0. The summed E-state index contributed by atoms with van der Waals surface area (Å²) in [4.78, 5) is 0.377. The molecule has 0 aromatic heterocycles. The Labute approximate surface area is 76.3 Å². The van der Waals surface area contributed by atoms with Gasteiger partial charge in [0.25, 0.3) is 0 Å². The third kappa shape index (κ3) is 1.48. The van der Waals surface area contributed by atoms with Gasteiger partial charge in [-0.1, -0.05) is 35.2 Å². The number of aliphatic hydroxyl groups excluding tert-OH is 1. The second kappa shape index (κ2) is 3.06. The fraction of sp³-hybridized carbons (Fsp3) is 1.00. The molecule has 64 valence electrons. The molecule has 2 fully saturated rings. The molecular formula is C9H15BrO. The fourth-order valence-corrected chi connectivity index (χ4v) is 3.33. The smallest absolute Gasteiger partial charge is 0.0668 e. The molecule has 2 aliphatic rings. The Morgan fingerprint density at radius 1 is 1.09 bits per heavy atom. The Hall–Kier alpha value is 0.440. The number of hydrogen-bond donors (Lipinski definition) is 1. The lowest BCUT2D eigenvalue weighted by Gasteiger charge is -2.32. The van der Waals surface area contributed by atoms with E-state index in [-0.39, 0.29) is 6.10 Å². The summed E-state index contributed by atoms with van der Waals surface area (Å²) in [5.74, 6) is 1.77. The summed E-state index contributed by atoms with van der Waals surface area (Å²) < 4.78 is 0. The average molecular weight is 219 g/mol. The Morgan fingerprint density at radius 3 is 2.45 bits per heavy atom. The molecule has 0 radical (unpaired) electrons. The van der Waals surface area contributed by atoms with E-state index in [0.29, 0.717) is 4.83 Å². The predicted molar refractivity (Wildman–Crippen MR) is 48.8 cm³/mol. The molecule has 0 spiro atoms. The van der Waals surface area contributed by atoms with Crippen LogP contribution in [0.4, 0.5) is 0 Å². The van der Waals surface area contributed by atoms with Gasteiger partial charge in [-0.25, -0.2) is 0 Å². The van der Waals surface area contributed by atoms with Gasteiger partial charge in [0.15, 0.2) is 0 Å². The summed E-state index contributed by atoms with van der Waals surface area (Å²) in [7, 11) is 0. The Morgan fingerprint density at radius 2 is 1.73 bits per heavy atom. The first-order chi connectivity index (χ1) is 5.27. The van der Waals surface area contributed by atoms with Gasteiger partial charge in [-0.2, -0.15) is 0 Å². The highest BCUT2D eigenvalue weighted by atomic mass is 79.9. The molecule has 11 heavy (non-hydrogen) atoms. The van der Waals surface area contributed by atoms with Crippen LogP contribution in [0.3, 0.4) is 0 Å². The van der Waals surface area contributed by atoms with E-state index in [0.717, 1.165) is 18.3 Å². The fourth-order valence-electron chi connectivity index (χ4n) is 2.64. The van der Waals surface area contributed by atoms with Gasteiger partial charge in [0, 0.05) is 4.83 Å². The summed E-state index contributed by atoms with van der Waals surface area (Å²) >= 11 is 3.54. The van der Waals surface area contributed by atoms with Crippen LogP contribution in [0.1, 0.15) is 32.1 Å². The van der Waals surface area contributed by atoms with Crippen LogP contribution in [0.5, 0.6) is 0 Å². The minimum Gasteiger partial charge on any atom is -0.392 e. The van der Waals surface area contributed by atoms with E-state index in [4.69, 9.17) is 0 Å². The van der Waals surface area contributed by atoms with Crippen LogP contribution in [0.15, 0.2) is 0 Å². The van der Waals surface area contributed by atoms with E-state index in [2.05, 4.69) is 15.9 Å². The highest BCUT2D eigenvalue weighted by Crippen LogP contribution is 2.43. The molecule has 4 unspecified atom stereocenters. The SMILES string of the molecule is OC1CC2CCCC2CC1Br. The minimum atomic E-state index is -0.0747. The first-order valence-corrected chi connectivity index (χ1v) is 5.51. The topological polar surface area (TPSA) is 20.2 Å². The zero-order valence-electron chi connectivity index (χ0n) is 6.67. The largest absolute Gasteiger partial charge is 0.392 e. The highest BCUT2D eigenvalue weighted by molar-refractivity contribution is 9.09. The standard InChI is InChI=1S/C9H15BrO/c10-8-4-6-2-1-3-7(6)5-9(8)11/h6-9,11H,1-5H2. The van der Waals surface area contributed by atoms with Gasteiger partial charge >= 0.3 is 0 Å². The summed E-state index contributed by atoms with van der Waals surface area (Å²) in [6.07, 6.45) is 6.32. The van der Waals surface area contributed by atoms with Crippen LogP contribution in [0, 0.1) is 11.8 Å². The van der Waals surface area contributed by atoms with Crippen LogP contribution in [-0.2, 0) is 0 Å². The van der Waals surface area contributed by atoms with Gasteiger partial charge in [-0.05, 0) is 24.7 Å². The van der Waals surface area contributed by atoms with Crippen LogP contribution < -0.4 is 0 Å². The quantitative estimate of drug-likeness (QED) is 0.620. The Kier molecular flexibility index (Phi) is 2.24. The molecule has 2 saturated carbocycles. The van der Waals surface area contributed by atoms with E-state index in [9.17, 15) is 5.11 Å². The zero-order valence-corrected chi connectivity index (χ0v) is 8.26. The maximum Gasteiger partial charge on any atom is 0.0668 e. The Balaban J connectivity index is 2.00. The first-order valence-electron chi connectivity index (χ1n) is 4.59. The van der Waals surface area contributed by atoms with E-state index >= 15 is 0 Å². The monoisotopic (exact) mass is 218 g/mol. The van der Waals surface area contributed by atoms with Gasteiger partial charge in [0.1, 0.15) is 0 Å².